The molecule has 1 aliphatic heterocycles. The molecule has 8 heteroatoms. The number of hydrogen-bond donors (Lipinski definition) is 3. The summed E-state index contributed by atoms with van der Waals surface area (Å²) >= 11 is 0. The van der Waals surface area contributed by atoms with Gasteiger partial charge in [0.15, 0.2) is 0 Å². The maximum Gasteiger partial charge on any atom is 0.317 e. The van der Waals surface area contributed by atoms with Crippen molar-refractivity contribution in [3.8, 4) is 0 Å². The Morgan fingerprint density at radius 3 is 2.29 bits per heavy atom. The monoisotopic (exact) mass is 300 g/mol. The van der Waals surface area contributed by atoms with Crippen LogP contribution in [0.5, 0.6) is 0 Å². The van der Waals surface area contributed by atoms with E-state index >= 15 is 0 Å². The van der Waals surface area contributed by atoms with Crippen LogP contribution in [-0.2, 0) is 9.59 Å². The number of nitrogens with zero attached hydrogens (tertiary/aromatic N) is 2. The topological polar surface area (TPSA) is 102 Å². The van der Waals surface area contributed by atoms with Crippen LogP contribution in [0, 0.1) is 0 Å². The van der Waals surface area contributed by atoms with Gasteiger partial charge in [-0.2, -0.15) is 0 Å². The summed E-state index contributed by atoms with van der Waals surface area (Å²) in [5, 5.41) is 14.1. The third-order valence-electron chi connectivity index (χ3n) is 3.22. The summed E-state index contributed by atoms with van der Waals surface area (Å²) in [6, 6.07) is -0.201. The second-order valence-electron chi connectivity index (χ2n) is 4.99. The summed E-state index contributed by atoms with van der Waals surface area (Å²) in [7, 11) is 0. The van der Waals surface area contributed by atoms with Crippen molar-refractivity contribution in [1.82, 2.24) is 20.4 Å². The van der Waals surface area contributed by atoms with Crippen LogP contribution >= 0.6 is 0 Å². The molecule has 0 radical (unpaired) electrons. The van der Waals surface area contributed by atoms with Crippen LogP contribution in [0.15, 0.2) is 0 Å². The minimum absolute atomic E-state index is 0.00700. The number of aliphatic carboxylic acids is 1. The van der Waals surface area contributed by atoms with Crippen molar-refractivity contribution in [2.75, 3.05) is 45.8 Å². The fraction of sp³-hybridized carbons (Fsp3) is 0.769. The first-order valence-corrected chi connectivity index (χ1v) is 7.26. The van der Waals surface area contributed by atoms with Gasteiger partial charge in [-0.1, -0.05) is 6.92 Å². The molecule has 1 fully saturated rings. The molecule has 21 heavy (non-hydrogen) atoms. The molecule has 0 bridgehead atoms. The molecule has 0 aromatic carbocycles. The van der Waals surface area contributed by atoms with Gasteiger partial charge in [0.1, 0.15) is 0 Å². The van der Waals surface area contributed by atoms with E-state index in [2.05, 4.69) is 10.6 Å². The molecule has 0 spiro atoms. The highest BCUT2D eigenvalue weighted by Crippen LogP contribution is 2.01. The Morgan fingerprint density at radius 1 is 1.05 bits per heavy atom. The Labute approximate surface area is 124 Å². The van der Waals surface area contributed by atoms with E-state index in [9.17, 15) is 14.4 Å². The van der Waals surface area contributed by atoms with Crippen molar-refractivity contribution >= 4 is 17.9 Å². The fourth-order valence-electron chi connectivity index (χ4n) is 2.05. The van der Waals surface area contributed by atoms with Gasteiger partial charge in [0.2, 0.25) is 5.91 Å². The molecule has 1 aliphatic rings. The molecular formula is C13H24N4O4. The maximum atomic E-state index is 11.9. The zero-order valence-corrected chi connectivity index (χ0v) is 12.4. The minimum atomic E-state index is -0.856. The molecule has 0 aromatic heterocycles. The normalized spacial score (nSPS) is 15.6. The van der Waals surface area contributed by atoms with Gasteiger partial charge < -0.3 is 20.6 Å². The van der Waals surface area contributed by atoms with Gasteiger partial charge >= 0.3 is 12.0 Å². The second-order valence-corrected chi connectivity index (χ2v) is 4.99. The minimum Gasteiger partial charge on any atom is -0.480 e. The van der Waals surface area contributed by atoms with E-state index in [4.69, 9.17) is 5.11 Å². The van der Waals surface area contributed by atoms with E-state index in [-0.39, 0.29) is 24.9 Å². The summed E-state index contributed by atoms with van der Waals surface area (Å²) in [6.45, 7) is 5.05. The van der Waals surface area contributed by atoms with E-state index < -0.39 is 5.97 Å². The lowest BCUT2D eigenvalue weighted by Crippen LogP contribution is -2.52. The first-order valence-electron chi connectivity index (χ1n) is 7.26. The molecule has 0 aliphatic carbocycles. The number of carboxylic acids is 1. The van der Waals surface area contributed by atoms with Gasteiger partial charge in [-0.3, -0.25) is 14.5 Å². The lowest BCUT2D eigenvalue weighted by atomic mass is 10.3. The quantitative estimate of drug-likeness (QED) is 0.578. The predicted molar refractivity (Wildman–Crippen MR) is 77.0 cm³/mol. The average Bonchev–Trinajstić information content (AvgIpc) is 2.45. The van der Waals surface area contributed by atoms with Gasteiger partial charge in [0.25, 0.3) is 0 Å². The Kier molecular flexibility index (Phi) is 7.52. The van der Waals surface area contributed by atoms with Crippen LogP contribution < -0.4 is 10.6 Å². The highest BCUT2D eigenvalue weighted by atomic mass is 16.4. The SMILES string of the molecule is CCCNC(=O)CCNC(=O)N1CCN(CC(=O)O)CC1. The Balaban J connectivity index is 2.16. The van der Waals surface area contributed by atoms with Crippen LogP contribution in [0.4, 0.5) is 4.79 Å². The lowest BCUT2D eigenvalue weighted by Gasteiger charge is -2.33. The van der Waals surface area contributed by atoms with E-state index in [0.29, 0.717) is 39.3 Å². The van der Waals surface area contributed by atoms with Crippen molar-refractivity contribution in [3.05, 3.63) is 0 Å². The Morgan fingerprint density at radius 2 is 1.71 bits per heavy atom. The standard InChI is InChI=1S/C13H24N4O4/c1-2-4-14-11(18)3-5-15-13(21)17-8-6-16(7-9-17)10-12(19)20/h2-10H2,1H3,(H,14,18)(H,15,21)(H,19,20). The number of rotatable bonds is 7. The van der Waals surface area contributed by atoms with Crippen LogP contribution in [0.1, 0.15) is 19.8 Å². The smallest absolute Gasteiger partial charge is 0.317 e. The van der Waals surface area contributed by atoms with Crippen LogP contribution in [-0.4, -0.2) is 78.6 Å². The van der Waals surface area contributed by atoms with Gasteiger partial charge in [0, 0.05) is 45.7 Å². The van der Waals surface area contributed by atoms with Crippen molar-refractivity contribution in [2.24, 2.45) is 0 Å². The van der Waals surface area contributed by atoms with E-state index in [0.717, 1.165) is 6.42 Å². The summed E-state index contributed by atoms with van der Waals surface area (Å²) in [6.07, 6.45) is 1.16. The number of urea groups is 1. The average molecular weight is 300 g/mol. The van der Waals surface area contributed by atoms with Gasteiger partial charge in [-0.25, -0.2) is 4.79 Å². The summed E-state index contributed by atoms with van der Waals surface area (Å²) < 4.78 is 0. The highest BCUT2D eigenvalue weighted by Gasteiger charge is 2.21. The van der Waals surface area contributed by atoms with E-state index in [1.54, 1.807) is 9.80 Å². The molecule has 0 atom stereocenters. The number of hydrogen-bond acceptors (Lipinski definition) is 4. The molecule has 3 N–H and O–H groups in total. The number of carboxylic acid groups (broad SMARTS) is 1. The zero-order chi connectivity index (χ0) is 15.7. The third kappa shape index (κ3) is 6.94. The van der Waals surface area contributed by atoms with Crippen molar-refractivity contribution in [3.63, 3.8) is 0 Å². The molecule has 120 valence electrons. The lowest BCUT2D eigenvalue weighted by molar-refractivity contribution is -0.138. The number of carbonyl (C=O) groups excluding carboxylic acids is 2. The van der Waals surface area contributed by atoms with Crippen LogP contribution in [0.3, 0.4) is 0 Å². The van der Waals surface area contributed by atoms with Gasteiger partial charge in [-0.15, -0.1) is 0 Å². The molecule has 1 heterocycles. The summed E-state index contributed by atoms with van der Waals surface area (Å²) in [4.78, 5) is 37.3. The molecule has 8 nitrogen and oxygen atoms in total. The van der Waals surface area contributed by atoms with Crippen molar-refractivity contribution < 1.29 is 19.5 Å². The first-order chi connectivity index (χ1) is 10.0. The first kappa shape index (κ1) is 17.2. The number of nitrogens with one attached hydrogen (secondary N) is 2. The molecule has 0 saturated carbocycles. The van der Waals surface area contributed by atoms with E-state index in [1.165, 1.54) is 0 Å². The molecule has 1 saturated heterocycles. The molecule has 3 amide bonds. The fourth-order valence-corrected chi connectivity index (χ4v) is 2.05. The van der Waals surface area contributed by atoms with Crippen molar-refractivity contribution in [1.29, 1.82) is 0 Å². The second kappa shape index (κ2) is 9.17. The molecule has 0 unspecified atom stereocenters. The molecule has 0 aromatic rings. The Bertz CT molecular complexity index is 367. The van der Waals surface area contributed by atoms with Crippen LogP contribution in [0.2, 0.25) is 0 Å². The van der Waals surface area contributed by atoms with Crippen LogP contribution in [0.25, 0.3) is 0 Å². The predicted octanol–water partition coefficient (Wildman–Crippen LogP) is -0.685. The maximum absolute atomic E-state index is 11.9. The van der Waals surface area contributed by atoms with E-state index in [1.807, 2.05) is 6.92 Å². The van der Waals surface area contributed by atoms with Gasteiger partial charge in [-0.05, 0) is 6.42 Å². The molecular weight excluding hydrogens is 276 g/mol. The third-order valence-corrected chi connectivity index (χ3v) is 3.22. The van der Waals surface area contributed by atoms with Crippen molar-refractivity contribution in [2.45, 2.75) is 19.8 Å². The largest absolute Gasteiger partial charge is 0.480 e. The highest BCUT2D eigenvalue weighted by molar-refractivity contribution is 5.78. The number of carbonyl (C=O) groups is 3. The molecule has 1 rings (SSSR count). The summed E-state index contributed by atoms with van der Waals surface area (Å²) in [5.41, 5.74) is 0. The number of piperazine rings is 1. The zero-order valence-electron chi connectivity index (χ0n) is 12.4. The van der Waals surface area contributed by atoms with Gasteiger partial charge in [0.05, 0.1) is 6.54 Å². The number of amides is 3. The Hall–Kier alpha value is -1.83. The summed E-state index contributed by atoms with van der Waals surface area (Å²) in [5.74, 6) is -0.922.